The predicted octanol–water partition coefficient (Wildman–Crippen LogP) is 6.43. The van der Waals surface area contributed by atoms with Gasteiger partial charge in [0.25, 0.3) is 11.8 Å². The summed E-state index contributed by atoms with van der Waals surface area (Å²) in [6.07, 6.45) is 6.96. The number of pyridine rings is 4. The molecule has 4 aliphatic rings. The topological polar surface area (TPSA) is 157 Å². The summed E-state index contributed by atoms with van der Waals surface area (Å²) in [7, 11) is 0. The van der Waals surface area contributed by atoms with Gasteiger partial charge in [-0.3, -0.25) is 19.6 Å². The highest BCUT2D eigenvalue weighted by molar-refractivity contribution is 6.00. The number of aliphatic hydroxyl groups is 2. The van der Waals surface area contributed by atoms with Crippen LogP contribution in [-0.2, 0) is 25.9 Å². The van der Waals surface area contributed by atoms with E-state index in [9.17, 15) is 37.4 Å². The Balaban J connectivity index is 0.000000162. The number of carbonyl (C=O) groups is 2. The molecule has 0 bridgehead atoms. The number of aromatic nitrogens is 4. The van der Waals surface area contributed by atoms with Crippen LogP contribution in [0.25, 0.3) is 22.5 Å². The smallest absolute Gasteiger partial charge is 0.253 e. The third-order valence-electron chi connectivity index (χ3n) is 12.0. The molecule has 2 amide bonds. The molecule has 1 unspecified atom stereocenters. The summed E-state index contributed by atoms with van der Waals surface area (Å²) >= 11 is 0. The summed E-state index contributed by atoms with van der Waals surface area (Å²) in [4.78, 5) is 46.8. The van der Waals surface area contributed by atoms with Crippen LogP contribution in [0.4, 0.5) is 28.9 Å². The molecule has 12 nitrogen and oxygen atoms in total. The van der Waals surface area contributed by atoms with Gasteiger partial charge in [-0.15, -0.1) is 0 Å². The van der Waals surface area contributed by atoms with E-state index in [4.69, 9.17) is 0 Å². The molecule has 64 heavy (non-hydrogen) atoms. The molecule has 6 aromatic rings. The summed E-state index contributed by atoms with van der Waals surface area (Å²) < 4.78 is 57.5. The second-order valence-electron chi connectivity index (χ2n) is 16.4. The first-order valence-electron chi connectivity index (χ1n) is 21.3. The van der Waals surface area contributed by atoms with Crippen molar-refractivity contribution in [1.82, 2.24) is 30.6 Å². The van der Waals surface area contributed by atoms with Gasteiger partial charge in [-0.2, -0.15) is 0 Å². The van der Waals surface area contributed by atoms with Crippen molar-refractivity contribution in [2.45, 2.75) is 63.8 Å². The molecule has 328 valence electrons. The fourth-order valence-electron chi connectivity index (χ4n) is 8.83. The molecule has 8 heterocycles. The molecule has 4 N–H and O–H groups in total. The van der Waals surface area contributed by atoms with Crippen LogP contribution in [0.2, 0.25) is 0 Å². The minimum atomic E-state index is -0.702. The van der Waals surface area contributed by atoms with E-state index < -0.39 is 23.3 Å². The van der Waals surface area contributed by atoms with Crippen LogP contribution in [0.3, 0.4) is 0 Å². The molecule has 2 saturated heterocycles. The molecule has 0 aliphatic carbocycles. The number of benzene rings is 2. The quantitative estimate of drug-likeness (QED) is 0.126. The van der Waals surface area contributed by atoms with Gasteiger partial charge in [-0.25, -0.2) is 27.5 Å². The standard InChI is InChI=1S/2C24H22F2N4O2/c2*25-18-4-1-5-19(26)23(18)20-10-14(22-21(29-20)12-28-24(22)32)9-15-6-7-16(11-27-15)30-8-2-3-17(31)13-30/h2*1,4-7,10-11,17,31H,2-3,8-9,12-13H2,(H,28,32)/t17-;/m1./s1. The molecule has 0 saturated carbocycles. The lowest BCUT2D eigenvalue weighted by Gasteiger charge is -2.31. The molecule has 16 heteroatoms. The van der Waals surface area contributed by atoms with E-state index >= 15 is 0 Å². The minimum Gasteiger partial charge on any atom is -0.391 e. The molecular formula is C48H44F4N8O4. The number of nitrogens with one attached hydrogen (secondary N) is 2. The molecule has 4 aromatic heterocycles. The largest absolute Gasteiger partial charge is 0.391 e. The van der Waals surface area contributed by atoms with E-state index in [1.807, 2.05) is 24.3 Å². The summed E-state index contributed by atoms with van der Waals surface area (Å²) in [5.41, 5.74) is 6.28. The SMILES string of the molecule is O=C1NCc2nc(-c3c(F)cccc3F)cc(Cc3ccc(N4CCCC(O)C4)cn3)c21.O=C1NCc2nc(-c3c(F)cccc3F)cc(Cc3ccc(N4CCC[C@@H](O)C4)cn3)c21. The van der Waals surface area contributed by atoms with Crippen molar-refractivity contribution in [3.8, 4) is 22.5 Å². The zero-order chi connectivity index (χ0) is 44.5. The number of piperidine rings is 2. The zero-order valence-corrected chi connectivity index (χ0v) is 34.6. The highest BCUT2D eigenvalue weighted by Crippen LogP contribution is 2.33. The Hall–Kier alpha value is -6.78. The first-order valence-corrected chi connectivity index (χ1v) is 21.3. The van der Waals surface area contributed by atoms with Crippen molar-refractivity contribution in [1.29, 1.82) is 0 Å². The summed E-state index contributed by atoms with van der Waals surface area (Å²) in [5, 5.41) is 25.3. The Morgan fingerprint density at radius 3 is 1.34 bits per heavy atom. The molecule has 2 atom stereocenters. The number of hydrogen-bond donors (Lipinski definition) is 4. The van der Waals surface area contributed by atoms with Crippen LogP contribution in [0.1, 0.15) is 80.3 Å². The van der Waals surface area contributed by atoms with Gasteiger partial charge in [-0.1, -0.05) is 12.1 Å². The number of fused-ring (bicyclic) bond motifs is 2. The maximum absolute atomic E-state index is 14.4. The number of rotatable bonds is 8. The van der Waals surface area contributed by atoms with Crippen LogP contribution < -0.4 is 20.4 Å². The Morgan fingerprint density at radius 2 is 0.984 bits per heavy atom. The van der Waals surface area contributed by atoms with Crippen LogP contribution in [0, 0.1) is 23.3 Å². The third kappa shape index (κ3) is 8.88. The number of carbonyl (C=O) groups excluding carboxylic acids is 2. The number of anilines is 2. The van der Waals surface area contributed by atoms with Crippen molar-refractivity contribution < 1.29 is 37.4 Å². The van der Waals surface area contributed by atoms with E-state index in [1.54, 1.807) is 24.5 Å². The van der Waals surface area contributed by atoms with Crippen molar-refractivity contribution in [2.24, 2.45) is 0 Å². The monoisotopic (exact) mass is 872 g/mol. The second kappa shape index (κ2) is 18.1. The fourth-order valence-corrected chi connectivity index (χ4v) is 8.83. The Morgan fingerprint density at radius 1 is 0.578 bits per heavy atom. The molecule has 4 aliphatic heterocycles. The number of aliphatic hydroxyl groups excluding tert-OH is 2. The lowest BCUT2D eigenvalue weighted by molar-refractivity contribution is 0.0957. The van der Waals surface area contributed by atoms with Crippen molar-refractivity contribution >= 4 is 23.2 Å². The molecule has 10 rings (SSSR count). The first-order chi connectivity index (χ1) is 31.0. The normalized spacial score (nSPS) is 17.9. The van der Waals surface area contributed by atoms with Gasteiger partial charge in [-0.05, 0) is 97.5 Å². The van der Waals surface area contributed by atoms with Crippen molar-refractivity contribution in [3.63, 3.8) is 0 Å². The van der Waals surface area contributed by atoms with E-state index in [0.29, 0.717) is 59.6 Å². The number of hydrogen-bond acceptors (Lipinski definition) is 10. The molecule has 2 fully saturated rings. The highest BCUT2D eigenvalue weighted by Gasteiger charge is 2.29. The Kier molecular flexibility index (Phi) is 12.0. The summed E-state index contributed by atoms with van der Waals surface area (Å²) in [6.45, 7) is 3.33. The first kappa shape index (κ1) is 42.5. The number of halogens is 4. The average Bonchev–Trinajstić information content (AvgIpc) is 3.86. The van der Waals surface area contributed by atoms with Crippen LogP contribution >= 0.6 is 0 Å². The van der Waals surface area contributed by atoms with Gasteiger partial charge in [0, 0.05) is 50.4 Å². The lowest BCUT2D eigenvalue weighted by Crippen LogP contribution is -2.38. The maximum Gasteiger partial charge on any atom is 0.253 e. The Labute approximate surface area is 366 Å². The van der Waals surface area contributed by atoms with E-state index in [1.165, 1.54) is 36.4 Å². The average molecular weight is 873 g/mol. The van der Waals surface area contributed by atoms with Crippen molar-refractivity contribution in [2.75, 3.05) is 36.0 Å². The predicted molar refractivity (Wildman–Crippen MR) is 231 cm³/mol. The van der Waals surface area contributed by atoms with Gasteiger partial charge >= 0.3 is 0 Å². The maximum atomic E-state index is 14.4. The van der Waals surface area contributed by atoms with Gasteiger partial charge in [0.2, 0.25) is 0 Å². The summed E-state index contributed by atoms with van der Waals surface area (Å²) in [5.74, 6) is -3.30. The van der Waals surface area contributed by atoms with Crippen molar-refractivity contribution in [3.05, 3.63) is 153 Å². The second-order valence-corrected chi connectivity index (χ2v) is 16.4. The van der Waals surface area contributed by atoms with Gasteiger partial charge in [0.05, 0.1) is 94.1 Å². The van der Waals surface area contributed by atoms with E-state index in [2.05, 4.69) is 40.4 Å². The van der Waals surface area contributed by atoms with E-state index in [-0.39, 0.29) is 59.6 Å². The Bertz CT molecular complexity index is 2510. The van der Waals surface area contributed by atoms with Gasteiger partial charge < -0.3 is 30.6 Å². The molecule has 0 radical (unpaired) electrons. The lowest BCUT2D eigenvalue weighted by atomic mass is 9.98. The fraction of sp³-hybridized carbons (Fsp3) is 0.292. The number of amides is 2. The summed E-state index contributed by atoms with van der Waals surface area (Å²) in [6, 6.07) is 18.1. The van der Waals surface area contributed by atoms with Crippen LogP contribution in [0.5, 0.6) is 0 Å². The highest BCUT2D eigenvalue weighted by atomic mass is 19.1. The van der Waals surface area contributed by atoms with Crippen LogP contribution in [-0.4, -0.2) is 80.4 Å². The molecule has 0 spiro atoms. The van der Waals surface area contributed by atoms with Gasteiger partial charge in [0.15, 0.2) is 0 Å². The van der Waals surface area contributed by atoms with Gasteiger partial charge in [0.1, 0.15) is 23.3 Å². The molecular weight excluding hydrogens is 829 g/mol. The minimum absolute atomic E-state index is 0.157. The van der Waals surface area contributed by atoms with Crippen LogP contribution in [0.15, 0.2) is 85.2 Å². The number of nitrogens with zero attached hydrogens (tertiary/aromatic N) is 6. The zero-order valence-electron chi connectivity index (χ0n) is 34.6. The number of β-amino-alcohol motifs (C(OH)–C–C–N with tert-alkyl or cyclic N) is 2. The van der Waals surface area contributed by atoms with E-state index in [0.717, 1.165) is 61.5 Å². The third-order valence-corrected chi connectivity index (χ3v) is 12.0. The molecule has 2 aromatic carbocycles.